The Morgan fingerprint density at radius 2 is 1.96 bits per heavy atom. The van der Waals surface area contributed by atoms with E-state index in [2.05, 4.69) is 16.2 Å². The normalized spacial score (nSPS) is 21.7. The molecule has 2 heterocycles. The molecule has 0 spiro atoms. The number of rotatable bonds is 4. The fourth-order valence-corrected chi connectivity index (χ4v) is 3.28. The predicted molar refractivity (Wildman–Crippen MR) is 92.8 cm³/mol. The second-order valence-electron chi connectivity index (χ2n) is 6.27. The maximum absolute atomic E-state index is 12.3. The van der Waals surface area contributed by atoms with Crippen molar-refractivity contribution in [3.8, 4) is 0 Å². The van der Waals surface area contributed by atoms with Crippen LogP contribution in [0, 0.1) is 0 Å². The average molecular weight is 337 g/mol. The van der Waals surface area contributed by atoms with Gasteiger partial charge in [-0.3, -0.25) is 15.6 Å². The fourth-order valence-electron chi connectivity index (χ4n) is 3.28. The fraction of sp³-hybridized carbons (Fsp3) is 0.263. The number of hydrazine groups is 1. The molecule has 0 radical (unpaired) electrons. The van der Waals surface area contributed by atoms with E-state index in [9.17, 15) is 9.59 Å². The number of nitrogens with one attached hydrogen (secondary N) is 3. The van der Waals surface area contributed by atoms with Crippen molar-refractivity contribution in [3.63, 3.8) is 0 Å². The zero-order chi connectivity index (χ0) is 17.2. The molecule has 0 aromatic heterocycles. The van der Waals surface area contributed by atoms with Crippen molar-refractivity contribution in [1.29, 1.82) is 0 Å². The Hall–Kier alpha value is -2.70. The molecule has 6 heteroatoms. The molecule has 4 rings (SSSR count). The molecule has 2 unspecified atom stereocenters. The van der Waals surface area contributed by atoms with Crippen LogP contribution in [0.1, 0.15) is 46.5 Å². The average Bonchev–Trinajstić information content (AvgIpc) is 3.25. The summed E-state index contributed by atoms with van der Waals surface area (Å²) in [5.74, 6) is -0.543. The highest BCUT2D eigenvalue weighted by atomic mass is 16.5. The second kappa shape index (κ2) is 6.66. The zero-order valence-electron chi connectivity index (χ0n) is 13.6. The molecule has 1 amide bonds. The van der Waals surface area contributed by atoms with E-state index in [1.807, 2.05) is 36.4 Å². The highest BCUT2D eigenvalue weighted by Gasteiger charge is 2.32. The van der Waals surface area contributed by atoms with Gasteiger partial charge in [0.25, 0.3) is 0 Å². The van der Waals surface area contributed by atoms with Gasteiger partial charge < -0.3 is 10.1 Å². The number of esters is 1. The van der Waals surface area contributed by atoms with Crippen molar-refractivity contribution in [1.82, 2.24) is 10.9 Å². The topological polar surface area (TPSA) is 79.5 Å². The monoisotopic (exact) mass is 337 g/mol. The smallest absolute Gasteiger partial charge is 0.339 e. The molecule has 3 N–H and O–H groups in total. The van der Waals surface area contributed by atoms with Crippen molar-refractivity contribution in [2.24, 2.45) is 0 Å². The summed E-state index contributed by atoms with van der Waals surface area (Å²) < 4.78 is 5.31. The van der Waals surface area contributed by atoms with Crippen molar-refractivity contribution in [2.75, 3.05) is 11.9 Å². The van der Waals surface area contributed by atoms with Crippen LogP contribution in [-0.2, 0) is 9.53 Å². The molecule has 2 aliphatic heterocycles. The minimum absolute atomic E-state index is 0.110. The van der Waals surface area contributed by atoms with E-state index < -0.39 is 6.10 Å². The summed E-state index contributed by atoms with van der Waals surface area (Å²) in [5.41, 5.74) is 9.55. The van der Waals surface area contributed by atoms with Gasteiger partial charge in [-0.2, -0.15) is 0 Å². The van der Waals surface area contributed by atoms with E-state index in [0.29, 0.717) is 11.6 Å². The summed E-state index contributed by atoms with van der Waals surface area (Å²) in [6, 6.07) is 15.3. The molecule has 1 saturated heterocycles. The van der Waals surface area contributed by atoms with E-state index in [0.717, 1.165) is 24.2 Å². The first-order valence-corrected chi connectivity index (χ1v) is 8.39. The molecule has 2 aliphatic rings. The van der Waals surface area contributed by atoms with Crippen molar-refractivity contribution in [2.45, 2.75) is 25.0 Å². The van der Waals surface area contributed by atoms with Crippen LogP contribution in [0.25, 0.3) is 0 Å². The predicted octanol–water partition coefficient (Wildman–Crippen LogP) is 2.47. The lowest BCUT2D eigenvalue weighted by molar-refractivity contribution is -0.118. The summed E-state index contributed by atoms with van der Waals surface area (Å²) in [5, 5.41) is 2.87. The van der Waals surface area contributed by atoms with E-state index >= 15 is 0 Å². The number of carbonyl (C=O) groups excluding carboxylic acids is 2. The number of anilines is 1. The van der Waals surface area contributed by atoms with Crippen LogP contribution in [0.3, 0.4) is 0 Å². The molecule has 0 aliphatic carbocycles. The number of fused-ring (bicyclic) bond motifs is 1. The number of carbonyl (C=O) groups is 2. The molecule has 2 aromatic carbocycles. The van der Waals surface area contributed by atoms with Crippen LogP contribution in [0.2, 0.25) is 0 Å². The molecule has 128 valence electrons. The summed E-state index contributed by atoms with van der Waals surface area (Å²) in [7, 11) is 0. The lowest BCUT2D eigenvalue weighted by Crippen LogP contribution is -2.24. The molecule has 0 saturated carbocycles. The molecule has 0 bridgehead atoms. The molecule has 2 atom stereocenters. The van der Waals surface area contributed by atoms with Gasteiger partial charge in [-0.15, -0.1) is 0 Å². The van der Waals surface area contributed by atoms with Crippen LogP contribution < -0.4 is 16.2 Å². The third-order valence-electron chi connectivity index (χ3n) is 4.58. The number of hydrogen-bond acceptors (Lipinski definition) is 5. The van der Waals surface area contributed by atoms with Gasteiger partial charge in [0.15, 0.2) is 0 Å². The Kier molecular flexibility index (Phi) is 4.21. The molecule has 6 nitrogen and oxygen atoms in total. The Balaban J connectivity index is 1.39. The van der Waals surface area contributed by atoms with Crippen LogP contribution in [0.4, 0.5) is 5.69 Å². The standard InChI is InChI=1S/C19H19N3O3/c23-18(11-17-14-3-1-2-4-15(14)19(24)25-17)21-13-7-5-12(6-8-13)16-9-10-20-22-16/h1-8,16-17,20,22H,9-11H2,(H,21,23). The van der Waals surface area contributed by atoms with Crippen LogP contribution >= 0.6 is 0 Å². The first-order chi connectivity index (χ1) is 12.2. The molecular weight excluding hydrogens is 318 g/mol. The van der Waals surface area contributed by atoms with Gasteiger partial charge in [-0.1, -0.05) is 30.3 Å². The van der Waals surface area contributed by atoms with Crippen molar-refractivity contribution < 1.29 is 14.3 Å². The Labute approximate surface area is 145 Å². The Morgan fingerprint density at radius 3 is 2.72 bits per heavy atom. The maximum atomic E-state index is 12.3. The number of hydrogen-bond donors (Lipinski definition) is 3. The van der Waals surface area contributed by atoms with Gasteiger partial charge in [-0.25, -0.2) is 4.79 Å². The minimum atomic E-state index is -0.517. The SMILES string of the molecule is O=C(CC1OC(=O)c2ccccc21)Nc1ccc(C2CCNN2)cc1. The Bertz CT molecular complexity index is 798. The van der Waals surface area contributed by atoms with E-state index in [4.69, 9.17) is 4.74 Å². The van der Waals surface area contributed by atoms with Gasteiger partial charge in [0.05, 0.1) is 12.0 Å². The lowest BCUT2D eigenvalue weighted by Gasteiger charge is -2.13. The highest BCUT2D eigenvalue weighted by Crippen LogP contribution is 2.33. The maximum Gasteiger partial charge on any atom is 0.339 e. The van der Waals surface area contributed by atoms with E-state index in [1.54, 1.807) is 12.1 Å². The van der Waals surface area contributed by atoms with Crippen LogP contribution in [0.15, 0.2) is 48.5 Å². The van der Waals surface area contributed by atoms with E-state index in [-0.39, 0.29) is 18.3 Å². The van der Waals surface area contributed by atoms with Gasteiger partial charge in [0.1, 0.15) is 6.10 Å². The Morgan fingerprint density at radius 1 is 1.16 bits per heavy atom. The first kappa shape index (κ1) is 15.8. The molecule has 2 aromatic rings. The summed E-state index contributed by atoms with van der Waals surface area (Å²) in [6.07, 6.45) is 0.633. The number of ether oxygens (including phenoxy) is 1. The van der Waals surface area contributed by atoms with Crippen LogP contribution in [-0.4, -0.2) is 18.4 Å². The highest BCUT2D eigenvalue weighted by molar-refractivity contribution is 5.96. The number of benzene rings is 2. The second-order valence-corrected chi connectivity index (χ2v) is 6.27. The third-order valence-corrected chi connectivity index (χ3v) is 4.58. The van der Waals surface area contributed by atoms with E-state index in [1.165, 1.54) is 5.56 Å². The van der Waals surface area contributed by atoms with Crippen molar-refractivity contribution in [3.05, 3.63) is 65.2 Å². The minimum Gasteiger partial charge on any atom is -0.453 e. The zero-order valence-corrected chi connectivity index (χ0v) is 13.6. The van der Waals surface area contributed by atoms with Gasteiger partial charge in [0, 0.05) is 23.8 Å². The number of cyclic esters (lactones) is 1. The molecule has 25 heavy (non-hydrogen) atoms. The first-order valence-electron chi connectivity index (χ1n) is 8.39. The summed E-state index contributed by atoms with van der Waals surface area (Å²) in [4.78, 5) is 24.1. The van der Waals surface area contributed by atoms with Gasteiger partial charge >= 0.3 is 5.97 Å². The molecular formula is C19H19N3O3. The number of amides is 1. The third kappa shape index (κ3) is 3.26. The lowest BCUT2D eigenvalue weighted by atomic mass is 10.0. The van der Waals surface area contributed by atoms with Gasteiger partial charge in [-0.05, 0) is 30.2 Å². The summed E-state index contributed by atoms with van der Waals surface area (Å²) >= 11 is 0. The summed E-state index contributed by atoms with van der Waals surface area (Å²) in [6.45, 7) is 0.949. The van der Waals surface area contributed by atoms with Crippen molar-refractivity contribution >= 4 is 17.6 Å². The van der Waals surface area contributed by atoms with Crippen LogP contribution in [0.5, 0.6) is 0 Å². The van der Waals surface area contributed by atoms with Gasteiger partial charge in [0.2, 0.25) is 5.91 Å². The quantitative estimate of drug-likeness (QED) is 0.747. The molecule has 1 fully saturated rings. The largest absolute Gasteiger partial charge is 0.453 e.